The summed E-state index contributed by atoms with van der Waals surface area (Å²) >= 11 is 0. The molecule has 23 heavy (non-hydrogen) atoms. The van der Waals surface area contributed by atoms with Gasteiger partial charge in [0.25, 0.3) is 0 Å². The Kier molecular flexibility index (Phi) is 3.62. The van der Waals surface area contributed by atoms with Crippen molar-refractivity contribution in [1.82, 2.24) is 19.6 Å². The molecule has 1 aromatic carbocycles. The van der Waals surface area contributed by atoms with Crippen LogP contribution >= 0.6 is 0 Å². The fraction of sp³-hybridized carbons (Fsp3) is 0.471. The molecule has 1 saturated heterocycles. The van der Waals surface area contributed by atoms with Gasteiger partial charge in [0, 0.05) is 25.5 Å². The summed E-state index contributed by atoms with van der Waals surface area (Å²) < 4.78 is 1.96. The van der Waals surface area contributed by atoms with Gasteiger partial charge in [-0.1, -0.05) is 12.1 Å². The first-order valence-electron chi connectivity index (χ1n) is 8.01. The van der Waals surface area contributed by atoms with E-state index < -0.39 is 5.54 Å². The maximum absolute atomic E-state index is 12.3. The summed E-state index contributed by atoms with van der Waals surface area (Å²) in [6.45, 7) is 7.61. The summed E-state index contributed by atoms with van der Waals surface area (Å²) in [4.78, 5) is 15.8. The number of hydrogen-bond donors (Lipinski definition) is 1. The van der Waals surface area contributed by atoms with Crippen LogP contribution in [0.1, 0.15) is 32.8 Å². The molecule has 0 unspecified atom stereocenters. The van der Waals surface area contributed by atoms with E-state index in [4.69, 9.17) is 5.41 Å². The van der Waals surface area contributed by atoms with Gasteiger partial charge in [-0.3, -0.25) is 19.8 Å². The molecule has 1 aliphatic rings. The summed E-state index contributed by atoms with van der Waals surface area (Å²) in [7, 11) is 1.67. The lowest BCUT2D eigenvalue weighted by Gasteiger charge is -2.48. The van der Waals surface area contributed by atoms with Gasteiger partial charge >= 0.3 is 0 Å². The summed E-state index contributed by atoms with van der Waals surface area (Å²) in [6, 6.07) is 6.22. The fourth-order valence-corrected chi connectivity index (χ4v) is 3.46. The molecule has 0 spiro atoms. The number of carbonyl (C=O) groups excluding carboxylic acids is 1. The third-order valence-corrected chi connectivity index (χ3v) is 4.92. The molecule has 0 bridgehead atoms. The van der Waals surface area contributed by atoms with Gasteiger partial charge in [-0.2, -0.15) is 5.10 Å². The molecule has 2 heterocycles. The zero-order valence-electron chi connectivity index (χ0n) is 14.1. The Hall–Kier alpha value is -2.37. The highest BCUT2D eigenvalue weighted by molar-refractivity contribution is 5.99. The highest BCUT2D eigenvalue weighted by Gasteiger charge is 2.43. The van der Waals surface area contributed by atoms with Gasteiger partial charge < -0.3 is 4.90 Å². The normalized spacial score (nSPS) is 22.3. The Bertz CT molecular complexity index is 780. The predicted octanol–water partition coefficient (Wildman–Crippen LogP) is 2.39. The molecule has 0 radical (unpaired) electrons. The predicted molar refractivity (Wildman–Crippen MR) is 90.3 cm³/mol. The summed E-state index contributed by atoms with van der Waals surface area (Å²) in [6.07, 6.45) is 2.23. The van der Waals surface area contributed by atoms with Crippen molar-refractivity contribution in [3.63, 3.8) is 0 Å². The molecule has 1 aromatic heterocycles. The molecule has 1 atom stereocenters. The van der Waals surface area contributed by atoms with E-state index in [1.165, 1.54) is 4.90 Å². The number of aryl methyl sites for hydroxylation is 1. The number of hydrogen-bond acceptors (Lipinski definition) is 3. The van der Waals surface area contributed by atoms with E-state index in [-0.39, 0.29) is 11.9 Å². The van der Waals surface area contributed by atoms with Crippen LogP contribution in [0.4, 0.5) is 0 Å². The van der Waals surface area contributed by atoms with Gasteiger partial charge in [-0.15, -0.1) is 0 Å². The Morgan fingerprint density at radius 2 is 2.04 bits per heavy atom. The first-order chi connectivity index (χ1) is 10.9. The topological polar surface area (TPSA) is 65.2 Å². The van der Waals surface area contributed by atoms with Gasteiger partial charge in [0.15, 0.2) is 0 Å². The number of aromatic nitrogens is 2. The molecule has 2 aromatic rings. The average Bonchev–Trinajstić information content (AvgIpc) is 2.95. The monoisotopic (exact) mass is 313 g/mol. The summed E-state index contributed by atoms with van der Waals surface area (Å²) in [5.74, 6) is 0.238. The van der Waals surface area contributed by atoms with Crippen molar-refractivity contribution in [2.24, 2.45) is 0 Å². The largest absolute Gasteiger partial charge is 0.333 e. The van der Waals surface area contributed by atoms with E-state index >= 15 is 0 Å². The van der Waals surface area contributed by atoms with Crippen molar-refractivity contribution in [3.05, 3.63) is 30.0 Å². The Balaban J connectivity index is 2.14. The molecule has 1 fully saturated rings. The highest BCUT2D eigenvalue weighted by atomic mass is 16.2. The van der Waals surface area contributed by atoms with Crippen molar-refractivity contribution < 1.29 is 4.79 Å². The van der Waals surface area contributed by atoms with Crippen LogP contribution in [0.15, 0.2) is 24.4 Å². The number of fused-ring (bicyclic) bond motifs is 1. The highest BCUT2D eigenvalue weighted by Crippen LogP contribution is 2.37. The van der Waals surface area contributed by atoms with E-state index in [1.807, 2.05) is 29.6 Å². The minimum Gasteiger partial charge on any atom is -0.333 e. The van der Waals surface area contributed by atoms with Crippen LogP contribution in [0.3, 0.4) is 0 Å². The van der Waals surface area contributed by atoms with Crippen LogP contribution in [0.2, 0.25) is 0 Å². The van der Waals surface area contributed by atoms with E-state index in [2.05, 4.69) is 30.2 Å². The number of carbonyl (C=O) groups is 1. The molecule has 0 aliphatic carbocycles. The molecule has 1 amide bonds. The lowest BCUT2D eigenvalue weighted by Crippen LogP contribution is -2.60. The third-order valence-electron chi connectivity index (χ3n) is 4.92. The third kappa shape index (κ3) is 2.20. The van der Waals surface area contributed by atoms with Gasteiger partial charge in [-0.25, -0.2) is 0 Å². The van der Waals surface area contributed by atoms with Crippen LogP contribution in [0, 0.1) is 5.41 Å². The zero-order chi connectivity index (χ0) is 16.8. The number of nitrogens with zero attached hydrogens (tertiary/aromatic N) is 4. The average molecular weight is 313 g/mol. The molecule has 1 aliphatic heterocycles. The second-order valence-electron chi connectivity index (χ2n) is 6.21. The molecule has 122 valence electrons. The van der Waals surface area contributed by atoms with Gasteiger partial charge in [-0.05, 0) is 32.4 Å². The zero-order valence-corrected chi connectivity index (χ0v) is 14.1. The lowest BCUT2D eigenvalue weighted by atomic mass is 9.84. The van der Waals surface area contributed by atoms with Crippen LogP contribution in [-0.4, -0.2) is 45.0 Å². The van der Waals surface area contributed by atoms with Crippen molar-refractivity contribution in [2.45, 2.75) is 39.3 Å². The SMILES string of the molecule is CCN1C(=N)N(C)C(=O)C[C@@]1(C)c1ccc2cnn(CC)c2c1. The van der Waals surface area contributed by atoms with E-state index in [0.29, 0.717) is 13.0 Å². The van der Waals surface area contributed by atoms with E-state index in [1.54, 1.807) is 7.05 Å². The Morgan fingerprint density at radius 3 is 2.70 bits per heavy atom. The van der Waals surface area contributed by atoms with Gasteiger partial charge in [0.2, 0.25) is 11.9 Å². The van der Waals surface area contributed by atoms with Crippen molar-refractivity contribution in [2.75, 3.05) is 13.6 Å². The second kappa shape index (κ2) is 5.37. The van der Waals surface area contributed by atoms with Gasteiger partial charge in [0.1, 0.15) is 0 Å². The lowest BCUT2D eigenvalue weighted by molar-refractivity contribution is -0.132. The fourth-order valence-electron chi connectivity index (χ4n) is 3.46. The molecule has 1 N–H and O–H groups in total. The number of nitrogens with one attached hydrogen (secondary N) is 1. The molecule has 3 rings (SSSR count). The van der Waals surface area contributed by atoms with Gasteiger partial charge in [0.05, 0.1) is 23.7 Å². The molecular weight excluding hydrogens is 290 g/mol. The Labute approximate surface area is 136 Å². The van der Waals surface area contributed by atoms with Crippen LogP contribution in [0.25, 0.3) is 10.9 Å². The van der Waals surface area contributed by atoms with E-state index in [9.17, 15) is 4.79 Å². The molecule has 6 heteroatoms. The van der Waals surface area contributed by atoms with Crippen molar-refractivity contribution in [1.29, 1.82) is 5.41 Å². The van der Waals surface area contributed by atoms with E-state index in [0.717, 1.165) is 23.0 Å². The second-order valence-corrected chi connectivity index (χ2v) is 6.21. The number of rotatable bonds is 3. The molecule has 6 nitrogen and oxygen atoms in total. The van der Waals surface area contributed by atoms with Crippen molar-refractivity contribution in [3.8, 4) is 0 Å². The first kappa shape index (κ1) is 15.5. The summed E-state index contributed by atoms with van der Waals surface area (Å²) in [5.41, 5.74) is 1.61. The van der Waals surface area contributed by atoms with Crippen LogP contribution < -0.4 is 0 Å². The maximum atomic E-state index is 12.3. The first-order valence-corrected chi connectivity index (χ1v) is 8.01. The summed E-state index contributed by atoms with van der Waals surface area (Å²) in [5, 5.41) is 13.8. The number of benzene rings is 1. The molecular formula is C17H23N5O. The smallest absolute Gasteiger partial charge is 0.231 e. The van der Waals surface area contributed by atoms with Crippen LogP contribution in [0.5, 0.6) is 0 Å². The maximum Gasteiger partial charge on any atom is 0.231 e. The number of guanidine groups is 1. The van der Waals surface area contributed by atoms with Crippen LogP contribution in [-0.2, 0) is 16.9 Å². The minimum atomic E-state index is -0.507. The standard InChI is InChI=1S/C17H23N5O/c1-5-21-16(18)20(4)15(23)10-17(21,3)13-8-7-12-11-19-22(6-2)14(12)9-13/h7-9,11,18H,5-6,10H2,1-4H3/t17-/m0/s1. The minimum absolute atomic E-state index is 0.0219. The number of amides is 1. The molecule has 0 saturated carbocycles. The Morgan fingerprint density at radius 1 is 1.30 bits per heavy atom. The van der Waals surface area contributed by atoms with Crippen molar-refractivity contribution >= 4 is 22.8 Å². The quantitative estimate of drug-likeness (QED) is 0.946.